The Morgan fingerprint density at radius 2 is 1.62 bits per heavy atom. The van der Waals surface area contributed by atoms with Crippen molar-refractivity contribution in [3.05, 3.63) is 59.2 Å². The van der Waals surface area contributed by atoms with E-state index in [1.54, 1.807) is 14.2 Å². The highest BCUT2D eigenvalue weighted by Crippen LogP contribution is 2.31. The standard InChI is InChI=1S/C18H23NO2/c1-13-12-15(6-9-18(13)21-3)17(10-11-19)14-4-7-16(20-2)8-5-14/h4-9,12,17H,10-11,19H2,1-3H3. The molecule has 0 aliphatic rings. The molecule has 0 aromatic heterocycles. The van der Waals surface area contributed by atoms with Crippen LogP contribution in [0.2, 0.25) is 0 Å². The van der Waals surface area contributed by atoms with E-state index in [4.69, 9.17) is 15.2 Å². The molecular formula is C18H23NO2. The van der Waals surface area contributed by atoms with Crippen molar-refractivity contribution in [1.82, 2.24) is 0 Å². The molecule has 0 saturated carbocycles. The quantitative estimate of drug-likeness (QED) is 0.883. The van der Waals surface area contributed by atoms with Crippen LogP contribution in [0, 0.1) is 6.92 Å². The fraction of sp³-hybridized carbons (Fsp3) is 0.333. The van der Waals surface area contributed by atoms with Crippen molar-refractivity contribution >= 4 is 0 Å². The lowest BCUT2D eigenvalue weighted by Crippen LogP contribution is -2.09. The fourth-order valence-electron chi connectivity index (χ4n) is 2.65. The van der Waals surface area contributed by atoms with E-state index in [9.17, 15) is 0 Å². The maximum atomic E-state index is 5.80. The van der Waals surface area contributed by atoms with Gasteiger partial charge in [0.05, 0.1) is 14.2 Å². The summed E-state index contributed by atoms with van der Waals surface area (Å²) in [5, 5.41) is 0. The summed E-state index contributed by atoms with van der Waals surface area (Å²) in [5.74, 6) is 2.08. The van der Waals surface area contributed by atoms with E-state index in [1.807, 2.05) is 18.2 Å². The van der Waals surface area contributed by atoms with E-state index >= 15 is 0 Å². The molecule has 21 heavy (non-hydrogen) atoms. The molecule has 0 heterocycles. The maximum absolute atomic E-state index is 5.80. The summed E-state index contributed by atoms with van der Waals surface area (Å²) in [7, 11) is 3.38. The number of hydrogen-bond acceptors (Lipinski definition) is 3. The van der Waals surface area contributed by atoms with Gasteiger partial charge in [-0.05, 0) is 54.8 Å². The fourth-order valence-corrected chi connectivity index (χ4v) is 2.65. The molecule has 1 unspecified atom stereocenters. The third kappa shape index (κ3) is 3.56. The molecule has 2 rings (SSSR count). The van der Waals surface area contributed by atoms with Crippen molar-refractivity contribution in [2.75, 3.05) is 20.8 Å². The van der Waals surface area contributed by atoms with E-state index in [2.05, 4.69) is 31.2 Å². The van der Waals surface area contributed by atoms with E-state index in [-0.39, 0.29) is 0 Å². The Bertz CT molecular complexity index is 578. The largest absolute Gasteiger partial charge is 0.497 e. The molecule has 0 bridgehead atoms. The van der Waals surface area contributed by atoms with Crippen LogP contribution in [0.3, 0.4) is 0 Å². The van der Waals surface area contributed by atoms with Crippen LogP contribution in [0.4, 0.5) is 0 Å². The lowest BCUT2D eigenvalue weighted by Gasteiger charge is -2.19. The first-order valence-corrected chi connectivity index (χ1v) is 7.18. The van der Waals surface area contributed by atoms with E-state index < -0.39 is 0 Å². The molecule has 0 spiro atoms. The van der Waals surface area contributed by atoms with E-state index in [0.29, 0.717) is 12.5 Å². The van der Waals surface area contributed by atoms with Gasteiger partial charge in [0.25, 0.3) is 0 Å². The number of methoxy groups -OCH3 is 2. The smallest absolute Gasteiger partial charge is 0.121 e. The second kappa shape index (κ2) is 7.14. The molecule has 0 radical (unpaired) electrons. The van der Waals surface area contributed by atoms with Gasteiger partial charge in [0.2, 0.25) is 0 Å². The lowest BCUT2D eigenvalue weighted by atomic mass is 9.87. The van der Waals surface area contributed by atoms with Gasteiger partial charge >= 0.3 is 0 Å². The van der Waals surface area contributed by atoms with Crippen LogP contribution >= 0.6 is 0 Å². The highest BCUT2D eigenvalue weighted by Gasteiger charge is 2.14. The van der Waals surface area contributed by atoms with E-state index in [0.717, 1.165) is 23.5 Å². The Morgan fingerprint density at radius 3 is 2.14 bits per heavy atom. The predicted molar refractivity (Wildman–Crippen MR) is 86.2 cm³/mol. The summed E-state index contributed by atoms with van der Waals surface area (Å²) in [4.78, 5) is 0. The molecule has 112 valence electrons. The second-order valence-electron chi connectivity index (χ2n) is 5.13. The third-order valence-electron chi connectivity index (χ3n) is 3.79. The third-order valence-corrected chi connectivity index (χ3v) is 3.79. The Labute approximate surface area is 126 Å². The number of ether oxygens (including phenoxy) is 2. The molecule has 0 aliphatic heterocycles. The summed E-state index contributed by atoms with van der Waals surface area (Å²) in [6.07, 6.45) is 0.915. The molecule has 2 N–H and O–H groups in total. The van der Waals surface area contributed by atoms with Crippen LogP contribution in [0.5, 0.6) is 11.5 Å². The van der Waals surface area contributed by atoms with Crippen molar-refractivity contribution in [2.24, 2.45) is 5.73 Å². The first-order chi connectivity index (χ1) is 10.2. The van der Waals surface area contributed by atoms with Crippen molar-refractivity contribution in [3.8, 4) is 11.5 Å². The van der Waals surface area contributed by atoms with Crippen LogP contribution in [0.15, 0.2) is 42.5 Å². The molecule has 2 aromatic carbocycles. The average Bonchev–Trinajstić information content (AvgIpc) is 2.52. The normalized spacial score (nSPS) is 12.0. The lowest BCUT2D eigenvalue weighted by molar-refractivity contribution is 0.411. The van der Waals surface area contributed by atoms with Crippen molar-refractivity contribution < 1.29 is 9.47 Å². The number of nitrogens with two attached hydrogens (primary N) is 1. The van der Waals surface area contributed by atoms with Crippen molar-refractivity contribution in [1.29, 1.82) is 0 Å². The zero-order valence-electron chi connectivity index (χ0n) is 12.9. The Kier molecular flexibility index (Phi) is 5.23. The summed E-state index contributed by atoms with van der Waals surface area (Å²) in [6.45, 7) is 2.72. The minimum Gasteiger partial charge on any atom is -0.497 e. The zero-order chi connectivity index (χ0) is 15.2. The molecule has 3 nitrogen and oxygen atoms in total. The van der Waals surface area contributed by atoms with E-state index in [1.165, 1.54) is 11.1 Å². The Balaban J connectivity index is 2.35. The molecule has 2 aromatic rings. The first-order valence-electron chi connectivity index (χ1n) is 7.18. The van der Waals surface area contributed by atoms with Gasteiger partial charge in [-0.25, -0.2) is 0 Å². The molecular weight excluding hydrogens is 262 g/mol. The topological polar surface area (TPSA) is 44.5 Å². The highest BCUT2D eigenvalue weighted by atomic mass is 16.5. The van der Waals surface area contributed by atoms with Crippen LogP contribution in [-0.2, 0) is 0 Å². The molecule has 0 amide bonds. The van der Waals surface area contributed by atoms with Crippen molar-refractivity contribution in [2.45, 2.75) is 19.3 Å². The summed E-state index contributed by atoms with van der Waals surface area (Å²) in [5.41, 5.74) is 9.47. The van der Waals surface area contributed by atoms with Crippen LogP contribution in [0.25, 0.3) is 0 Å². The number of hydrogen-bond donors (Lipinski definition) is 1. The monoisotopic (exact) mass is 285 g/mol. The average molecular weight is 285 g/mol. The molecule has 0 saturated heterocycles. The molecule has 0 aliphatic carbocycles. The number of aryl methyl sites for hydroxylation is 1. The van der Waals surface area contributed by atoms with Crippen LogP contribution in [0.1, 0.15) is 29.0 Å². The predicted octanol–water partition coefficient (Wildman–Crippen LogP) is 3.49. The minimum atomic E-state index is 0.297. The molecule has 3 heteroatoms. The molecule has 1 atom stereocenters. The van der Waals surface area contributed by atoms with Gasteiger partial charge < -0.3 is 15.2 Å². The highest BCUT2D eigenvalue weighted by molar-refractivity contribution is 5.42. The van der Waals surface area contributed by atoms with Crippen LogP contribution < -0.4 is 15.2 Å². The maximum Gasteiger partial charge on any atom is 0.121 e. The van der Waals surface area contributed by atoms with Crippen LogP contribution in [-0.4, -0.2) is 20.8 Å². The van der Waals surface area contributed by atoms with Crippen molar-refractivity contribution in [3.63, 3.8) is 0 Å². The SMILES string of the molecule is COc1ccc(C(CCN)c2ccc(OC)c(C)c2)cc1. The first kappa shape index (κ1) is 15.4. The van der Waals surface area contributed by atoms with Gasteiger partial charge in [-0.2, -0.15) is 0 Å². The van der Waals surface area contributed by atoms with Gasteiger partial charge in [-0.15, -0.1) is 0 Å². The zero-order valence-corrected chi connectivity index (χ0v) is 12.9. The van der Waals surface area contributed by atoms with Gasteiger partial charge in [-0.1, -0.05) is 24.3 Å². The summed E-state index contributed by atoms with van der Waals surface area (Å²) in [6, 6.07) is 14.5. The summed E-state index contributed by atoms with van der Waals surface area (Å²) >= 11 is 0. The van der Waals surface area contributed by atoms with Gasteiger partial charge in [0.15, 0.2) is 0 Å². The number of benzene rings is 2. The van der Waals surface area contributed by atoms with Gasteiger partial charge in [-0.3, -0.25) is 0 Å². The Hall–Kier alpha value is -2.00. The Morgan fingerprint density at radius 1 is 0.952 bits per heavy atom. The van der Waals surface area contributed by atoms with Gasteiger partial charge in [0, 0.05) is 5.92 Å². The second-order valence-corrected chi connectivity index (χ2v) is 5.13. The molecule has 0 fully saturated rings. The number of rotatable bonds is 6. The summed E-state index contributed by atoms with van der Waals surface area (Å²) < 4.78 is 10.6. The minimum absolute atomic E-state index is 0.297. The van der Waals surface area contributed by atoms with Gasteiger partial charge in [0.1, 0.15) is 11.5 Å².